The topological polar surface area (TPSA) is 154 Å². The molecule has 0 atom stereocenters. The Hall–Kier alpha value is -3.92. The maximum Gasteiger partial charge on any atom is 0.410 e. The van der Waals surface area contributed by atoms with Gasteiger partial charge in [-0.05, 0) is 32.9 Å². The number of ether oxygens (including phenoxy) is 1. The smallest absolute Gasteiger partial charge is 0.410 e. The van der Waals surface area contributed by atoms with Gasteiger partial charge in [0.05, 0.1) is 36.8 Å². The molecule has 13 heteroatoms. The lowest BCUT2D eigenvalue weighted by molar-refractivity contribution is -0.0315. The fourth-order valence-electron chi connectivity index (χ4n) is 4.27. The third-order valence-electron chi connectivity index (χ3n) is 6.25. The zero-order chi connectivity index (χ0) is 27.9. The molecule has 3 aromatic heterocycles. The van der Waals surface area contributed by atoms with Gasteiger partial charge in [-0.1, -0.05) is 19.6 Å². The third-order valence-corrected chi connectivity index (χ3v) is 7.95. The second-order valence-corrected chi connectivity index (χ2v) is 17.5. The van der Waals surface area contributed by atoms with Crippen molar-refractivity contribution in [2.45, 2.75) is 64.0 Å². The van der Waals surface area contributed by atoms with Crippen LogP contribution in [0, 0.1) is 11.3 Å². The molecular formula is C25H34N8O4Si. The first-order valence-electron chi connectivity index (χ1n) is 12.4. The minimum absolute atomic E-state index is 0.0189. The van der Waals surface area contributed by atoms with Crippen LogP contribution >= 0.6 is 0 Å². The number of primary amides is 1. The highest BCUT2D eigenvalue weighted by molar-refractivity contribution is 6.76. The van der Waals surface area contributed by atoms with Crippen LogP contribution in [-0.2, 0) is 10.3 Å². The molecule has 0 spiro atoms. The summed E-state index contributed by atoms with van der Waals surface area (Å²) in [5, 5.41) is 14.7. The lowest BCUT2D eigenvalue weighted by Gasteiger charge is -2.48. The van der Waals surface area contributed by atoms with E-state index in [4.69, 9.17) is 15.3 Å². The van der Waals surface area contributed by atoms with Crippen molar-refractivity contribution < 1.29 is 19.2 Å². The quantitative estimate of drug-likeness (QED) is 0.429. The molecule has 0 aromatic carbocycles. The van der Waals surface area contributed by atoms with Crippen LogP contribution in [0.5, 0.6) is 0 Å². The molecule has 12 nitrogen and oxygen atoms in total. The Balaban J connectivity index is 1.67. The van der Waals surface area contributed by atoms with E-state index in [1.165, 1.54) is 11.2 Å². The van der Waals surface area contributed by atoms with Gasteiger partial charge in [0, 0.05) is 25.9 Å². The van der Waals surface area contributed by atoms with Crippen molar-refractivity contribution in [3.8, 4) is 17.3 Å². The Bertz CT molecular complexity index is 1400. The summed E-state index contributed by atoms with van der Waals surface area (Å²) in [6, 6.07) is 4.99. The summed E-state index contributed by atoms with van der Waals surface area (Å²) in [7, 11) is -1.27. The molecule has 2 N–H and O–H groups in total. The van der Waals surface area contributed by atoms with Crippen molar-refractivity contribution >= 4 is 31.1 Å². The van der Waals surface area contributed by atoms with Crippen LogP contribution in [0.1, 0.15) is 37.7 Å². The summed E-state index contributed by atoms with van der Waals surface area (Å²) in [5.41, 5.74) is 5.70. The number of nitrogens with zero attached hydrogens (tertiary/aromatic N) is 7. The van der Waals surface area contributed by atoms with Gasteiger partial charge >= 0.3 is 6.09 Å². The van der Waals surface area contributed by atoms with E-state index in [0.717, 1.165) is 6.04 Å². The second-order valence-electron chi connectivity index (χ2n) is 11.8. The highest BCUT2D eigenvalue weighted by Gasteiger charge is 2.49. The Kier molecular flexibility index (Phi) is 6.96. The number of amides is 2. The van der Waals surface area contributed by atoms with Gasteiger partial charge in [0.1, 0.15) is 24.1 Å². The number of hydrogen-bond donors (Lipinski definition) is 1. The van der Waals surface area contributed by atoms with Crippen LogP contribution in [0.4, 0.5) is 4.79 Å². The van der Waals surface area contributed by atoms with Crippen molar-refractivity contribution in [3.63, 3.8) is 0 Å². The third kappa shape index (κ3) is 5.50. The van der Waals surface area contributed by atoms with Crippen LogP contribution in [-0.4, -0.2) is 74.8 Å². The highest BCUT2D eigenvalue weighted by atomic mass is 28.3. The van der Waals surface area contributed by atoms with E-state index in [2.05, 4.69) is 40.8 Å². The maximum atomic E-state index is 12.5. The molecule has 0 radical (unpaired) electrons. The van der Waals surface area contributed by atoms with Gasteiger partial charge in [-0.15, -0.1) is 0 Å². The summed E-state index contributed by atoms with van der Waals surface area (Å²) >= 11 is 0. The van der Waals surface area contributed by atoms with Crippen molar-refractivity contribution in [2.75, 3.05) is 19.7 Å². The zero-order valence-corrected chi connectivity index (χ0v) is 23.7. The number of likely N-dealkylation sites (tertiary alicyclic amines) is 1. The number of rotatable bonds is 8. The molecule has 202 valence electrons. The number of nitriles is 1. The van der Waals surface area contributed by atoms with Crippen molar-refractivity contribution in [1.82, 2.24) is 29.4 Å². The van der Waals surface area contributed by atoms with Crippen LogP contribution in [0.25, 0.3) is 22.3 Å². The van der Waals surface area contributed by atoms with E-state index in [0.29, 0.717) is 28.9 Å². The Morgan fingerprint density at radius 2 is 1.95 bits per heavy atom. The van der Waals surface area contributed by atoms with Crippen molar-refractivity contribution in [1.29, 1.82) is 5.26 Å². The predicted octanol–water partition coefficient (Wildman–Crippen LogP) is 3.02. The summed E-state index contributed by atoms with van der Waals surface area (Å²) in [6.45, 7) is 13.2. The van der Waals surface area contributed by atoms with E-state index >= 15 is 0 Å². The number of fused-ring (bicyclic) bond motifs is 1. The van der Waals surface area contributed by atoms with E-state index in [-0.39, 0.29) is 25.2 Å². The van der Waals surface area contributed by atoms with Crippen LogP contribution in [0.2, 0.25) is 25.7 Å². The van der Waals surface area contributed by atoms with Gasteiger partial charge in [-0.3, -0.25) is 9.48 Å². The van der Waals surface area contributed by atoms with Crippen molar-refractivity contribution in [3.05, 3.63) is 30.5 Å². The first-order valence-corrected chi connectivity index (χ1v) is 16.1. The molecule has 1 fully saturated rings. The lowest BCUT2D eigenvalue weighted by Crippen LogP contribution is -2.64. The largest absolute Gasteiger partial charge is 0.444 e. The van der Waals surface area contributed by atoms with E-state index in [9.17, 15) is 14.9 Å². The minimum atomic E-state index is -1.27. The van der Waals surface area contributed by atoms with Crippen LogP contribution in [0.3, 0.4) is 0 Å². The first-order chi connectivity index (χ1) is 17.7. The van der Waals surface area contributed by atoms with Crippen LogP contribution < -0.4 is 10.6 Å². The summed E-state index contributed by atoms with van der Waals surface area (Å²) in [4.78, 5) is 41.2. The molecule has 0 aliphatic carbocycles. The minimum Gasteiger partial charge on any atom is -0.444 e. The standard InChI is InChI=1S/C25H34N8O4Si/c1-24(2,3)37-23(35)31-14-25(15-31,8-9-26)33-13-18(20(30-33)21(27)34)19-17-7-10-32(22(17)29-16-28-19)36-11-12-38(4,5)6/h7,10,13,16H,8,11-12,14-15H2,1-6H3,(H2,27,34). The first kappa shape index (κ1) is 27.1. The summed E-state index contributed by atoms with van der Waals surface area (Å²) in [5.74, 6) is -0.730. The summed E-state index contributed by atoms with van der Waals surface area (Å²) < 4.78 is 8.62. The molecule has 38 heavy (non-hydrogen) atoms. The van der Waals surface area contributed by atoms with E-state index < -0.39 is 31.2 Å². The number of nitrogens with two attached hydrogens (primary N) is 1. The average Bonchev–Trinajstić information content (AvgIpc) is 3.39. The molecule has 0 unspecified atom stereocenters. The van der Waals surface area contributed by atoms with Gasteiger partial charge in [-0.25, -0.2) is 14.8 Å². The van der Waals surface area contributed by atoms with Gasteiger partial charge in [0.2, 0.25) is 0 Å². The molecule has 4 heterocycles. The number of hydrogen-bond acceptors (Lipinski definition) is 8. The highest BCUT2D eigenvalue weighted by Crippen LogP contribution is 2.36. The normalized spacial score (nSPS) is 15.1. The predicted molar refractivity (Wildman–Crippen MR) is 143 cm³/mol. The van der Waals surface area contributed by atoms with Crippen LogP contribution in [0.15, 0.2) is 24.8 Å². The van der Waals surface area contributed by atoms with Gasteiger partial charge in [-0.2, -0.15) is 15.1 Å². The molecule has 3 aromatic rings. The fraction of sp³-hybridized carbons (Fsp3) is 0.520. The maximum absolute atomic E-state index is 12.5. The SMILES string of the molecule is CC(C)(C)OC(=O)N1CC(CC#N)(n2cc(-c3ncnc4c3ccn4OCC[Si](C)(C)C)c(C(N)=O)n2)C1. The Labute approximate surface area is 222 Å². The molecule has 1 saturated heterocycles. The number of aromatic nitrogens is 5. The monoisotopic (exact) mass is 538 g/mol. The van der Waals surface area contributed by atoms with E-state index in [1.807, 2.05) is 6.07 Å². The van der Waals surface area contributed by atoms with Gasteiger partial charge < -0.3 is 20.2 Å². The Morgan fingerprint density at radius 1 is 1.24 bits per heavy atom. The molecule has 1 aliphatic rings. The Morgan fingerprint density at radius 3 is 2.55 bits per heavy atom. The number of carbonyl (C=O) groups is 2. The van der Waals surface area contributed by atoms with Gasteiger partial charge in [0.15, 0.2) is 11.3 Å². The van der Waals surface area contributed by atoms with E-state index in [1.54, 1.807) is 42.6 Å². The zero-order valence-electron chi connectivity index (χ0n) is 22.7. The molecule has 4 rings (SSSR count). The van der Waals surface area contributed by atoms with Gasteiger partial charge in [0.25, 0.3) is 5.91 Å². The molecule has 0 bridgehead atoms. The summed E-state index contributed by atoms with van der Waals surface area (Å²) in [6.07, 6.45) is 4.43. The molecule has 1 aliphatic heterocycles. The average molecular weight is 539 g/mol. The molecule has 2 amide bonds. The lowest BCUT2D eigenvalue weighted by atomic mass is 9.87. The fourth-order valence-corrected chi connectivity index (χ4v) is 4.98. The molecule has 0 saturated carbocycles. The second kappa shape index (κ2) is 9.75. The molecular weight excluding hydrogens is 504 g/mol. The van der Waals surface area contributed by atoms with Crippen molar-refractivity contribution in [2.24, 2.45) is 5.73 Å². The number of carbonyl (C=O) groups excluding carboxylic acids is 2.